The summed E-state index contributed by atoms with van der Waals surface area (Å²) in [6.07, 6.45) is 6.09. The Morgan fingerprint density at radius 2 is 2.04 bits per heavy atom. The summed E-state index contributed by atoms with van der Waals surface area (Å²) in [5, 5.41) is 8.95. The molecular formula is C17H23ClN4O. The van der Waals surface area contributed by atoms with Crippen molar-refractivity contribution in [2.75, 3.05) is 26.2 Å². The minimum absolute atomic E-state index is 0.0766. The Morgan fingerprint density at radius 3 is 2.87 bits per heavy atom. The van der Waals surface area contributed by atoms with Crippen molar-refractivity contribution in [2.24, 2.45) is 0 Å². The lowest BCUT2D eigenvalue weighted by atomic mass is 10.1. The number of amides is 1. The molecule has 0 spiro atoms. The van der Waals surface area contributed by atoms with Crippen LogP contribution in [0, 0.1) is 0 Å². The van der Waals surface area contributed by atoms with Gasteiger partial charge in [-0.05, 0) is 38.1 Å². The molecular weight excluding hydrogens is 312 g/mol. The molecule has 23 heavy (non-hydrogen) atoms. The third-order valence-electron chi connectivity index (χ3n) is 4.38. The van der Waals surface area contributed by atoms with Gasteiger partial charge in [-0.1, -0.05) is 24.1 Å². The molecule has 1 aliphatic rings. The first-order chi connectivity index (χ1) is 11.2. The third kappa shape index (κ3) is 4.24. The fourth-order valence-electron chi connectivity index (χ4n) is 3.08. The predicted octanol–water partition coefficient (Wildman–Crippen LogP) is 2.68. The number of hydrogen-bond acceptors (Lipinski definition) is 3. The Bertz CT molecular complexity index is 664. The maximum absolute atomic E-state index is 12.0. The molecule has 1 N–H and O–H groups in total. The lowest BCUT2D eigenvalue weighted by Gasteiger charge is -2.26. The zero-order valence-electron chi connectivity index (χ0n) is 13.3. The Balaban J connectivity index is 1.44. The van der Waals surface area contributed by atoms with Gasteiger partial charge >= 0.3 is 0 Å². The number of carbonyl (C=O) groups is 1. The average Bonchev–Trinajstić information content (AvgIpc) is 2.98. The molecule has 0 saturated carbocycles. The number of nitrogens with zero attached hydrogens (tertiary/aromatic N) is 3. The summed E-state index contributed by atoms with van der Waals surface area (Å²) in [5.41, 5.74) is 0.971. The Hall–Kier alpha value is -1.59. The molecule has 6 heteroatoms. The van der Waals surface area contributed by atoms with Gasteiger partial charge in [-0.2, -0.15) is 5.10 Å². The molecule has 2 heterocycles. The molecule has 1 fully saturated rings. The quantitative estimate of drug-likeness (QED) is 0.883. The van der Waals surface area contributed by atoms with E-state index in [4.69, 9.17) is 11.6 Å². The van der Waals surface area contributed by atoms with Crippen molar-refractivity contribution in [3.05, 3.63) is 29.4 Å². The van der Waals surface area contributed by atoms with Crippen LogP contribution < -0.4 is 5.32 Å². The molecule has 1 amide bonds. The zero-order chi connectivity index (χ0) is 16.1. The van der Waals surface area contributed by atoms with Crippen LogP contribution in [0.3, 0.4) is 0 Å². The second-order valence-corrected chi connectivity index (χ2v) is 6.45. The molecule has 5 nitrogen and oxygen atoms in total. The summed E-state index contributed by atoms with van der Waals surface area (Å²) >= 11 is 6.14. The summed E-state index contributed by atoms with van der Waals surface area (Å²) in [7, 11) is 0. The molecule has 124 valence electrons. The van der Waals surface area contributed by atoms with Crippen LogP contribution in [-0.2, 0) is 11.3 Å². The van der Waals surface area contributed by atoms with Crippen molar-refractivity contribution in [2.45, 2.75) is 32.2 Å². The highest BCUT2D eigenvalue weighted by molar-refractivity contribution is 6.35. The van der Waals surface area contributed by atoms with Crippen LogP contribution in [0.2, 0.25) is 5.02 Å². The minimum atomic E-state index is 0.0766. The number of rotatable bonds is 6. The molecule has 1 aromatic carbocycles. The lowest BCUT2D eigenvalue weighted by molar-refractivity contribution is -0.121. The minimum Gasteiger partial charge on any atom is -0.355 e. The summed E-state index contributed by atoms with van der Waals surface area (Å²) < 4.78 is 1.84. The van der Waals surface area contributed by atoms with Gasteiger partial charge < -0.3 is 10.2 Å². The molecule has 1 aliphatic heterocycles. The number of piperidine rings is 1. The molecule has 1 saturated heterocycles. The van der Waals surface area contributed by atoms with E-state index < -0.39 is 0 Å². The van der Waals surface area contributed by atoms with Gasteiger partial charge in [-0.15, -0.1) is 0 Å². The van der Waals surface area contributed by atoms with Gasteiger partial charge in [0.05, 0.1) is 23.3 Å². The molecule has 0 bridgehead atoms. The SMILES string of the molecule is O=C(CCn1ncc2c(Cl)cccc21)NCCN1CCCCC1. The van der Waals surface area contributed by atoms with Crippen molar-refractivity contribution < 1.29 is 4.79 Å². The van der Waals surface area contributed by atoms with E-state index in [0.29, 0.717) is 18.0 Å². The Kier molecular flexibility index (Phi) is 5.51. The highest BCUT2D eigenvalue weighted by atomic mass is 35.5. The van der Waals surface area contributed by atoms with Crippen molar-refractivity contribution in [3.63, 3.8) is 0 Å². The number of nitrogens with one attached hydrogen (secondary N) is 1. The molecule has 0 aliphatic carbocycles. The van der Waals surface area contributed by atoms with Crippen LogP contribution in [0.15, 0.2) is 24.4 Å². The van der Waals surface area contributed by atoms with Gasteiger partial charge in [0.15, 0.2) is 0 Å². The number of aryl methyl sites for hydroxylation is 1. The summed E-state index contributed by atoms with van der Waals surface area (Å²) in [6, 6.07) is 5.73. The van der Waals surface area contributed by atoms with Gasteiger partial charge in [0.1, 0.15) is 0 Å². The number of fused-ring (bicyclic) bond motifs is 1. The predicted molar refractivity (Wildman–Crippen MR) is 92.7 cm³/mol. The molecule has 2 aromatic rings. The number of aromatic nitrogens is 2. The molecule has 1 aromatic heterocycles. The maximum atomic E-state index is 12.0. The summed E-state index contributed by atoms with van der Waals surface area (Å²) in [4.78, 5) is 14.4. The van der Waals surface area contributed by atoms with E-state index in [1.54, 1.807) is 6.20 Å². The first kappa shape index (κ1) is 16.3. The maximum Gasteiger partial charge on any atom is 0.221 e. The number of hydrogen-bond donors (Lipinski definition) is 1. The second kappa shape index (κ2) is 7.79. The van der Waals surface area contributed by atoms with E-state index in [9.17, 15) is 4.79 Å². The van der Waals surface area contributed by atoms with Crippen molar-refractivity contribution >= 4 is 28.4 Å². The normalized spacial score (nSPS) is 15.9. The summed E-state index contributed by atoms with van der Waals surface area (Å²) in [5.74, 6) is 0.0766. The van der Waals surface area contributed by atoms with E-state index in [1.807, 2.05) is 22.9 Å². The monoisotopic (exact) mass is 334 g/mol. The van der Waals surface area contributed by atoms with E-state index in [1.165, 1.54) is 19.3 Å². The number of likely N-dealkylation sites (tertiary alicyclic amines) is 1. The third-order valence-corrected chi connectivity index (χ3v) is 4.71. The van der Waals surface area contributed by atoms with Crippen LogP contribution in [0.5, 0.6) is 0 Å². The molecule has 0 radical (unpaired) electrons. The van der Waals surface area contributed by atoms with E-state index in [0.717, 1.165) is 37.1 Å². The average molecular weight is 335 g/mol. The van der Waals surface area contributed by atoms with Crippen molar-refractivity contribution in [1.29, 1.82) is 0 Å². The van der Waals surface area contributed by atoms with Crippen LogP contribution in [0.25, 0.3) is 10.9 Å². The van der Waals surface area contributed by atoms with Gasteiger partial charge in [-0.25, -0.2) is 0 Å². The second-order valence-electron chi connectivity index (χ2n) is 6.04. The largest absolute Gasteiger partial charge is 0.355 e. The van der Waals surface area contributed by atoms with Gasteiger partial charge in [0.2, 0.25) is 5.91 Å². The van der Waals surface area contributed by atoms with Crippen molar-refractivity contribution in [3.8, 4) is 0 Å². The summed E-state index contributed by atoms with van der Waals surface area (Å²) in [6.45, 7) is 4.57. The molecule has 0 unspecified atom stereocenters. The van der Waals surface area contributed by atoms with Gasteiger partial charge in [0, 0.05) is 24.9 Å². The highest BCUT2D eigenvalue weighted by Gasteiger charge is 2.11. The number of benzene rings is 1. The fourth-order valence-corrected chi connectivity index (χ4v) is 3.30. The van der Waals surface area contributed by atoms with Crippen LogP contribution in [0.4, 0.5) is 0 Å². The number of carbonyl (C=O) groups excluding carboxylic acids is 1. The molecule has 3 rings (SSSR count). The fraction of sp³-hybridized carbons (Fsp3) is 0.529. The smallest absolute Gasteiger partial charge is 0.221 e. The van der Waals surface area contributed by atoms with Crippen LogP contribution in [-0.4, -0.2) is 46.8 Å². The van der Waals surface area contributed by atoms with Crippen LogP contribution >= 0.6 is 11.6 Å². The topological polar surface area (TPSA) is 50.2 Å². The lowest BCUT2D eigenvalue weighted by Crippen LogP contribution is -2.37. The first-order valence-electron chi connectivity index (χ1n) is 8.33. The van der Waals surface area contributed by atoms with Crippen molar-refractivity contribution in [1.82, 2.24) is 20.0 Å². The Morgan fingerprint density at radius 1 is 1.22 bits per heavy atom. The van der Waals surface area contributed by atoms with Gasteiger partial charge in [0.25, 0.3) is 0 Å². The first-order valence-corrected chi connectivity index (χ1v) is 8.71. The van der Waals surface area contributed by atoms with Gasteiger partial charge in [-0.3, -0.25) is 9.48 Å². The Labute approximate surface area is 141 Å². The number of halogens is 1. The molecule has 0 atom stereocenters. The zero-order valence-corrected chi connectivity index (χ0v) is 14.1. The highest BCUT2D eigenvalue weighted by Crippen LogP contribution is 2.22. The van der Waals surface area contributed by atoms with E-state index in [-0.39, 0.29) is 5.91 Å². The van der Waals surface area contributed by atoms with E-state index >= 15 is 0 Å². The van der Waals surface area contributed by atoms with Crippen LogP contribution in [0.1, 0.15) is 25.7 Å². The van der Waals surface area contributed by atoms with E-state index in [2.05, 4.69) is 15.3 Å². The standard InChI is InChI=1S/C17H23ClN4O/c18-15-5-4-6-16-14(15)13-20-22(16)11-7-17(23)19-8-12-21-9-2-1-3-10-21/h4-6,13H,1-3,7-12H2,(H,19,23).